The Balaban J connectivity index is 2.33. The zero-order valence-corrected chi connectivity index (χ0v) is 11.0. The molecule has 0 aromatic heterocycles. The standard InChI is InChI=1S/C13H10N2O5/c1-12-5(4-14)6(11(18)19-3)13(2,20-12)8-7(12)9(16)15-10(8)17/h1-3H3,(H,15,16,17). The number of fused-ring (bicyclic) bond motifs is 4. The molecule has 0 aromatic rings. The quantitative estimate of drug-likeness (QED) is 0.510. The molecule has 20 heavy (non-hydrogen) atoms. The van der Waals surface area contributed by atoms with Crippen LogP contribution in [0.3, 0.4) is 0 Å². The summed E-state index contributed by atoms with van der Waals surface area (Å²) in [6.45, 7) is 2.99. The van der Waals surface area contributed by atoms with Crippen molar-refractivity contribution in [3.8, 4) is 6.07 Å². The molecule has 0 aliphatic carbocycles. The number of nitriles is 1. The molecule has 0 aromatic carbocycles. The van der Waals surface area contributed by atoms with Gasteiger partial charge in [-0.2, -0.15) is 5.26 Å². The molecule has 3 heterocycles. The molecule has 2 atom stereocenters. The molecule has 7 heteroatoms. The van der Waals surface area contributed by atoms with Crippen LogP contribution >= 0.6 is 0 Å². The van der Waals surface area contributed by atoms with Crippen molar-refractivity contribution in [2.45, 2.75) is 25.0 Å². The molecule has 0 saturated carbocycles. The Hall–Kier alpha value is -2.46. The van der Waals surface area contributed by atoms with Crippen LogP contribution in [-0.2, 0) is 23.9 Å². The van der Waals surface area contributed by atoms with Gasteiger partial charge in [0.1, 0.15) is 11.2 Å². The minimum absolute atomic E-state index is 0.00968. The topological polar surface area (TPSA) is 105 Å². The zero-order chi connectivity index (χ0) is 14.9. The lowest BCUT2D eigenvalue weighted by Crippen LogP contribution is -2.39. The summed E-state index contributed by atoms with van der Waals surface area (Å²) in [5.41, 5.74) is -2.64. The van der Waals surface area contributed by atoms with E-state index in [2.05, 4.69) is 10.1 Å². The van der Waals surface area contributed by atoms with Crippen LogP contribution in [0.15, 0.2) is 22.3 Å². The van der Waals surface area contributed by atoms with E-state index < -0.39 is 29.0 Å². The number of hydrogen-bond donors (Lipinski definition) is 1. The normalized spacial score (nSPS) is 34.3. The average Bonchev–Trinajstić information content (AvgIpc) is 2.90. The van der Waals surface area contributed by atoms with E-state index in [-0.39, 0.29) is 22.3 Å². The Bertz CT molecular complexity index is 711. The van der Waals surface area contributed by atoms with E-state index in [4.69, 9.17) is 4.74 Å². The minimum atomic E-state index is -1.43. The highest BCUT2D eigenvalue weighted by Gasteiger charge is 2.68. The Labute approximate surface area is 113 Å². The molecular formula is C13H10N2O5. The van der Waals surface area contributed by atoms with Crippen molar-refractivity contribution in [1.29, 1.82) is 5.26 Å². The SMILES string of the molecule is COC(=O)C1=C(C#N)C2(C)OC1(C)C1=C2C(=O)NC1=O. The lowest BCUT2D eigenvalue weighted by molar-refractivity contribution is -0.138. The van der Waals surface area contributed by atoms with Crippen molar-refractivity contribution in [2.24, 2.45) is 0 Å². The summed E-state index contributed by atoms with van der Waals surface area (Å²) in [5.74, 6) is -1.94. The number of esters is 1. The second-order valence-electron chi connectivity index (χ2n) is 5.06. The number of rotatable bonds is 1. The molecule has 0 saturated heterocycles. The summed E-state index contributed by atoms with van der Waals surface area (Å²) in [5, 5.41) is 11.5. The van der Waals surface area contributed by atoms with Crippen LogP contribution in [0.25, 0.3) is 0 Å². The lowest BCUT2D eigenvalue weighted by Gasteiger charge is -2.24. The van der Waals surface area contributed by atoms with Gasteiger partial charge in [0.05, 0.1) is 35.5 Å². The third-order valence-corrected chi connectivity index (χ3v) is 4.00. The Morgan fingerprint density at radius 1 is 1.25 bits per heavy atom. The van der Waals surface area contributed by atoms with Crippen LogP contribution in [0, 0.1) is 11.3 Å². The van der Waals surface area contributed by atoms with Gasteiger partial charge in [0.2, 0.25) is 0 Å². The molecule has 0 radical (unpaired) electrons. The Morgan fingerprint density at radius 3 is 2.30 bits per heavy atom. The first-order chi connectivity index (χ1) is 9.31. The van der Waals surface area contributed by atoms with Crippen LogP contribution in [0.1, 0.15) is 13.8 Å². The van der Waals surface area contributed by atoms with Gasteiger partial charge in [0.25, 0.3) is 11.8 Å². The van der Waals surface area contributed by atoms with Crippen molar-refractivity contribution in [3.63, 3.8) is 0 Å². The number of ether oxygens (including phenoxy) is 2. The maximum atomic E-state index is 11.9. The predicted octanol–water partition coefficient (Wildman–Crippen LogP) is -0.506. The number of methoxy groups -OCH3 is 1. The molecule has 102 valence electrons. The van der Waals surface area contributed by atoms with Gasteiger partial charge in [0, 0.05) is 0 Å². The first-order valence-electron chi connectivity index (χ1n) is 5.86. The van der Waals surface area contributed by atoms with E-state index in [1.54, 1.807) is 0 Å². The fourth-order valence-electron chi connectivity index (χ4n) is 3.27. The summed E-state index contributed by atoms with van der Waals surface area (Å²) < 4.78 is 10.4. The van der Waals surface area contributed by atoms with Gasteiger partial charge in [-0.05, 0) is 13.8 Å². The van der Waals surface area contributed by atoms with E-state index in [0.717, 1.165) is 0 Å². The molecule has 3 aliphatic heterocycles. The summed E-state index contributed by atoms with van der Waals surface area (Å²) >= 11 is 0. The highest BCUT2D eigenvalue weighted by molar-refractivity contribution is 6.24. The predicted molar refractivity (Wildman–Crippen MR) is 62.7 cm³/mol. The van der Waals surface area contributed by atoms with Crippen LogP contribution in [-0.4, -0.2) is 36.1 Å². The first kappa shape index (κ1) is 12.6. The number of carbonyl (C=O) groups is 3. The number of nitrogens with zero attached hydrogens (tertiary/aromatic N) is 1. The maximum absolute atomic E-state index is 11.9. The molecule has 2 bridgehead atoms. The zero-order valence-electron chi connectivity index (χ0n) is 11.0. The van der Waals surface area contributed by atoms with E-state index in [1.807, 2.05) is 6.07 Å². The van der Waals surface area contributed by atoms with Gasteiger partial charge in [-0.15, -0.1) is 0 Å². The Morgan fingerprint density at radius 2 is 1.80 bits per heavy atom. The summed E-state index contributed by atoms with van der Waals surface area (Å²) in [7, 11) is 1.18. The summed E-state index contributed by atoms with van der Waals surface area (Å²) in [6.07, 6.45) is 0. The van der Waals surface area contributed by atoms with Gasteiger partial charge < -0.3 is 9.47 Å². The maximum Gasteiger partial charge on any atom is 0.338 e. The van der Waals surface area contributed by atoms with E-state index in [0.29, 0.717) is 0 Å². The molecule has 7 nitrogen and oxygen atoms in total. The van der Waals surface area contributed by atoms with Crippen LogP contribution in [0.4, 0.5) is 0 Å². The number of amides is 2. The van der Waals surface area contributed by atoms with Gasteiger partial charge >= 0.3 is 5.97 Å². The molecule has 3 aliphatic rings. The van der Waals surface area contributed by atoms with Gasteiger partial charge in [-0.1, -0.05) is 0 Å². The largest absolute Gasteiger partial charge is 0.466 e. The molecular weight excluding hydrogens is 264 g/mol. The van der Waals surface area contributed by atoms with Gasteiger partial charge in [-0.25, -0.2) is 4.79 Å². The number of nitrogens with one attached hydrogen (secondary N) is 1. The molecule has 1 N–H and O–H groups in total. The number of hydrogen-bond acceptors (Lipinski definition) is 6. The van der Waals surface area contributed by atoms with Crippen molar-refractivity contribution in [3.05, 3.63) is 22.3 Å². The smallest absolute Gasteiger partial charge is 0.338 e. The average molecular weight is 274 g/mol. The lowest BCUT2D eigenvalue weighted by atomic mass is 9.74. The van der Waals surface area contributed by atoms with Crippen molar-refractivity contribution < 1.29 is 23.9 Å². The van der Waals surface area contributed by atoms with E-state index in [1.165, 1.54) is 21.0 Å². The van der Waals surface area contributed by atoms with E-state index >= 15 is 0 Å². The summed E-state index contributed by atoms with van der Waals surface area (Å²) in [6, 6.07) is 1.90. The number of carbonyl (C=O) groups excluding carboxylic acids is 3. The minimum Gasteiger partial charge on any atom is -0.466 e. The van der Waals surface area contributed by atoms with Crippen molar-refractivity contribution in [2.75, 3.05) is 7.11 Å². The molecule has 0 fully saturated rings. The van der Waals surface area contributed by atoms with Gasteiger partial charge in [-0.3, -0.25) is 14.9 Å². The van der Waals surface area contributed by atoms with Crippen LogP contribution in [0.2, 0.25) is 0 Å². The number of imide groups is 1. The second-order valence-corrected chi connectivity index (χ2v) is 5.06. The van der Waals surface area contributed by atoms with E-state index in [9.17, 15) is 19.6 Å². The molecule has 2 unspecified atom stereocenters. The van der Waals surface area contributed by atoms with Gasteiger partial charge in [0.15, 0.2) is 0 Å². The Kier molecular flexibility index (Phi) is 2.10. The monoisotopic (exact) mass is 274 g/mol. The summed E-state index contributed by atoms with van der Waals surface area (Å²) in [4.78, 5) is 35.8. The molecule has 2 amide bonds. The van der Waals surface area contributed by atoms with Crippen LogP contribution < -0.4 is 5.32 Å². The molecule has 3 rings (SSSR count). The highest BCUT2D eigenvalue weighted by atomic mass is 16.6. The second kappa shape index (κ2) is 3.35. The third-order valence-electron chi connectivity index (χ3n) is 4.00. The fourth-order valence-corrected chi connectivity index (χ4v) is 3.27. The third kappa shape index (κ3) is 1.07. The van der Waals surface area contributed by atoms with Crippen molar-refractivity contribution >= 4 is 17.8 Å². The molecule has 0 spiro atoms. The van der Waals surface area contributed by atoms with Crippen molar-refractivity contribution in [1.82, 2.24) is 5.32 Å². The fraction of sp³-hybridized carbons (Fsp3) is 0.385. The van der Waals surface area contributed by atoms with Crippen LogP contribution in [0.5, 0.6) is 0 Å². The highest BCUT2D eigenvalue weighted by Crippen LogP contribution is 2.58. The first-order valence-corrected chi connectivity index (χ1v) is 5.86.